The SMILES string of the molecule is Cc1cccc(-n2nnn(C)c2=O)c1COc1nc(-c2cccc(Br)c2)cs1. The van der Waals surface area contributed by atoms with Gasteiger partial charge in [-0.15, -0.1) is 0 Å². The Morgan fingerprint density at radius 2 is 2.00 bits per heavy atom. The molecule has 0 spiro atoms. The van der Waals surface area contributed by atoms with Crippen LogP contribution in [0.2, 0.25) is 0 Å². The Morgan fingerprint density at radius 3 is 2.75 bits per heavy atom. The van der Waals surface area contributed by atoms with E-state index in [1.54, 1.807) is 7.05 Å². The van der Waals surface area contributed by atoms with E-state index in [0.29, 0.717) is 10.9 Å². The highest BCUT2D eigenvalue weighted by Crippen LogP contribution is 2.29. The van der Waals surface area contributed by atoms with E-state index in [1.165, 1.54) is 20.7 Å². The monoisotopic (exact) mass is 457 g/mol. The third-order valence-corrected chi connectivity index (χ3v) is 5.52. The molecule has 0 fully saturated rings. The zero-order valence-corrected chi connectivity index (χ0v) is 17.6. The highest BCUT2D eigenvalue weighted by atomic mass is 79.9. The summed E-state index contributed by atoms with van der Waals surface area (Å²) in [4.78, 5) is 16.8. The standard InChI is InChI=1S/C19H16BrN5O2S/c1-12-5-3-8-17(25-19(26)24(2)22-23-25)15(12)10-27-18-21-16(11-28-18)13-6-4-7-14(20)9-13/h3-9,11H,10H2,1-2H3. The van der Waals surface area contributed by atoms with Gasteiger partial charge in [0.2, 0.25) is 0 Å². The zero-order valence-electron chi connectivity index (χ0n) is 15.2. The molecule has 0 radical (unpaired) electrons. The minimum Gasteiger partial charge on any atom is -0.465 e. The van der Waals surface area contributed by atoms with Gasteiger partial charge >= 0.3 is 5.69 Å². The summed E-state index contributed by atoms with van der Waals surface area (Å²) in [6.07, 6.45) is 0. The van der Waals surface area contributed by atoms with Crippen LogP contribution in [-0.2, 0) is 13.7 Å². The maximum atomic E-state index is 12.2. The highest BCUT2D eigenvalue weighted by molar-refractivity contribution is 9.10. The van der Waals surface area contributed by atoms with Crippen LogP contribution in [0.3, 0.4) is 0 Å². The third kappa shape index (κ3) is 3.63. The van der Waals surface area contributed by atoms with E-state index < -0.39 is 0 Å². The molecule has 4 rings (SSSR count). The molecule has 142 valence electrons. The molecule has 0 saturated carbocycles. The van der Waals surface area contributed by atoms with Gasteiger partial charge in [0, 0.05) is 28.0 Å². The molecule has 0 saturated heterocycles. The molecule has 7 nitrogen and oxygen atoms in total. The molecule has 4 aromatic rings. The summed E-state index contributed by atoms with van der Waals surface area (Å²) in [5.74, 6) is 0. The number of halogens is 1. The fourth-order valence-corrected chi connectivity index (χ4v) is 3.85. The van der Waals surface area contributed by atoms with Gasteiger partial charge in [-0.25, -0.2) is 9.78 Å². The number of thiazole rings is 1. The van der Waals surface area contributed by atoms with Gasteiger partial charge in [0.05, 0.1) is 11.4 Å². The van der Waals surface area contributed by atoms with E-state index in [4.69, 9.17) is 4.74 Å². The first-order valence-corrected chi connectivity index (χ1v) is 10.1. The van der Waals surface area contributed by atoms with Crippen LogP contribution in [-0.4, -0.2) is 24.8 Å². The molecule has 0 unspecified atom stereocenters. The normalized spacial score (nSPS) is 11.0. The van der Waals surface area contributed by atoms with Gasteiger partial charge in [0.25, 0.3) is 5.19 Å². The van der Waals surface area contributed by atoms with Crippen LogP contribution in [0.25, 0.3) is 16.9 Å². The molecule has 28 heavy (non-hydrogen) atoms. The van der Waals surface area contributed by atoms with Gasteiger partial charge in [-0.2, -0.15) is 9.36 Å². The summed E-state index contributed by atoms with van der Waals surface area (Å²) >= 11 is 4.91. The van der Waals surface area contributed by atoms with E-state index in [1.807, 2.05) is 54.8 Å². The minimum atomic E-state index is -0.307. The van der Waals surface area contributed by atoms with Gasteiger partial charge < -0.3 is 4.74 Å². The predicted molar refractivity (Wildman–Crippen MR) is 111 cm³/mol. The van der Waals surface area contributed by atoms with Crippen molar-refractivity contribution in [1.82, 2.24) is 24.8 Å². The Kier molecular flexibility index (Phi) is 5.10. The lowest BCUT2D eigenvalue weighted by Gasteiger charge is -2.11. The predicted octanol–water partition coefficient (Wildman–Crippen LogP) is 3.74. The number of aryl methyl sites for hydroxylation is 2. The van der Waals surface area contributed by atoms with Crippen molar-refractivity contribution in [3.63, 3.8) is 0 Å². The Bertz CT molecular complexity index is 1200. The fourth-order valence-electron chi connectivity index (χ4n) is 2.78. The number of hydrogen-bond donors (Lipinski definition) is 0. The topological polar surface area (TPSA) is 74.8 Å². The second kappa shape index (κ2) is 7.69. The molecule has 2 heterocycles. The van der Waals surface area contributed by atoms with Crippen molar-refractivity contribution < 1.29 is 4.74 Å². The first-order chi connectivity index (χ1) is 13.5. The molecule has 0 aliphatic heterocycles. The molecule has 0 aliphatic rings. The van der Waals surface area contributed by atoms with Gasteiger partial charge in [-0.05, 0) is 41.1 Å². The number of rotatable bonds is 5. The lowest BCUT2D eigenvalue weighted by Crippen LogP contribution is -2.23. The first kappa shape index (κ1) is 18.6. The molecular formula is C19H16BrN5O2S. The van der Waals surface area contributed by atoms with Gasteiger partial charge in [-0.3, -0.25) is 0 Å². The van der Waals surface area contributed by atoms with Gasteiger partial charge in [-0.1, -0.05) is 51.5 Å². The summed E-state index contributed by atoms with van der Waals surface area (Å²) in [5.41, 5.74) is 4.09. The van der Waals surface area contributed by atoms with Crippen LogP contribution < -0.4 is 10.4 Å². The van der Waals surface area contributed by atoms with Crippen molar-refractivity contribution in [2.24, 2.45) is 7.05 Å². The molecule has 0 N–H and O–H groups in total. The number of ether oxygens (including phenoxy) is 1. The lowest BCUT2D eigenvalue weighted by atomic mass is 10.1. The molecule has 0 aliphatic carbocycles. The number of hydrogen-bond acceptors (Lipinski definition) is 6. The molecule has 0 bridgehead atoms. The van der Waals surface area contributed by atoms with Crippen molar-refractivity contribution in [2.75, 3.05) is 0 Å². The average molecular weight is 458 g/mol. The largest absolute Gasteiger partial charge is 0.465 e. The first-order valence-electron chi connectivity index (χ1n) is 8.45. The third-order valence-electron chi connectivity index (χ3n) is 4.28. The maximum Gasteiger partial charge on any atom is 0.368 e. The number of nitrogens with zero attached hydrogens (tertiary/aromatic N) is 5. The van der Waals surface area contributed by atoms with Crippen LogP contribution in [0.15, 0.2) is 57.1 Å². The minimum absolute atomic E-state index is 0.274. The van der Waals surface area contributed by atoms with E-state index in [0.717, 1.165) is 26.9 Å². The summed E-state index contributed by atoms with van der Waals surface area (Å²) in [7, 11) is 1.57. The fraction of sp³-hybridized carbons (Fsp3) is 0.158. The Morgan fingerprint density at radius 1 is 1.18 bits per heavy atom. The molecule has 2 aromatic heterocycles. The zero-order chi connectivity index (χ0) is 19.7. The number of tetrazole rings is 1. The molecular weight excluding hydrogens is 442 g/mol. The van der Waals surface area contributed by atoms with Crippen LogP contribution in [0, 0.1) is 6.92 Å². The number of aromatic nitrogens is 5. The van der Waals surface area contributed by atoms with Crippen LogP contribution in [0.4, 0.5) is 0 Å². The molecule has 0 atom stereocenters. The van der Waals surface area contributed by atoms with Crippen LogP contribution >= 0.6 is 27.3 Å². The maximum absolute atomic E-state index is 12.2. The van der Waals surface area contributed by atoms with Crippen molar-refractivity contribution in [3.05, 3.63) is 73.9 Å². The molecule has 0 amide bonds. The summed E-state index contributed by atoms with van der Waals surface area (Å²) in [5, 5.41) is 10.3. The number of benzene rings is 2. The second-order valence-corrected chi connectivity index (χ2v) is 7.90. The second-order valence-electron chi connectivity index (χ2n) is 6.17. The quantitative estimate of drug-likeness (QED) is 0.456. The molecule has 9 heteroatoms. The van der Waals surface area contributed by atoms with Crippen molar-refractivity contribution in [2.45, 2.75) is 13.5 Å². The van der Waals surface area contributed by atoms with Crippen molar-refractivity contribution in [1.29, 1.82) is 0 Å². The highest BCUT2D eigenvalue weighted by Gasteiger charge is 2.14. The average Bonchev–Trinajstić information content (AvgIpc) is 3.28. The summed E-state index contributed by atoms with van der Waals surface area (Å²) in [6.45, 7) is 2.24. The summed E-state index contributed by atoms with van der Waals surface area (Å²) < 4.78 is 9.41. The Labute approximate surface area is 173 Å². The van der Waals surface area contributed by atoms with E-state index in [2.05, 4.69) is 31.3 Å². The van der Waals surface area contributed by atoms with E-state index in [-0.39, 0.29) is 12.3 Å². The van der Waals surface area contributed by atoms with E-state index in [9.17, 15) is 4.79 Å². The van der Waals surface area contributed by atoms with Crippen LogP contribution in [0.5, 0.6) is 5.19 Å². The summed E-state index contributed by atoms with van der Waals surface area (Å²) in [6, 6.07) is 13.6. The van der Waals surface area contributed by atoms with Gasteiger partial charge in [0.15, 0.2) is 0 Å². The lowest BCUT2D eigenvalue weighted by molar-refractivity contribution is 0.303. The van der Waals surface area contributed by atoms with E-state index >= 15 is 0 Å². The van der Waals surface area contributed by atoms with Gasteiger partial charge in [0.1, 0.15) is 6.61 Å². The van der Waals surface area contributed by atoms with Crippen molar-refractivity contribution >= 4 is 27.3 Å². The Balaban J connectivity index is 1.60. The van der Waals surface area contributed by atoms with Crippen molar-refractivity contribution in [3.8, 4) is 22.1 Å². The Hall–Kier alpha value is -2.78. The smallest absolute Gasteiger partial charge is 0.368 e. The van der Waals surface area contributed by atoms with Crippen LogP contribution in [0.1, 0.15) is 11.1 Å². The molecule has 2 aromatic carbocycles.